The topological polar surface area (TPSA) is 53.1 Å². The standard InChI is InChI=1S/C21H37N3O3/c1-2-3-4-9-14-24-18-21(27-20(24)26)10-15-23(16-11-21)19(25)17-22-12-7-5-6-8-13-22/h2-18H2,1H3. The monoisotopic (exact) mass is 379 g/mol. The Kier molecular flexibility index (Phi) is 7.39. The molecule has 3 aliphatic heterocycles. The first-order valence-corrected chi connectivity index (χ1v) is 11.1. The number of likely N-dealkylation sites (tertiary alicyclic amines) is 2. The van der Waals surface area contributed by atoms with Gasteiger partial charge in [-0.1, -0.05) is 39.0 Å². The molecule has 0 aliphatic carbocycles. The van der Waals surface area contributed by atoms with Gasteiger partial charge in [-0.05, 0) is 32.4 Å². The number of ether oxygens (including phenoxy) is 1. The van der Waals surface area contributed by atoms with Crippen LogP contribution in [0.1, 0.15) is 71.1 Å². The smallest absolute Gasteiger partial charge is 0.410 e. The molecule has 0 aromatic heterocycles. The van der Waals surface area contributed by atoms with E-state index in [1.807, 2.05) is 9.80 Å². The molecular weight excluding hydrogens is 342 g/mol. The second-order valence-corrected chi connectivity index (χ2v) is 8.60. The summed E-state index contributed by atoms with van der Waals surface area (Å²) in [4.78, 5) is 31.1. The van der Waals surface area contributed by atoms with Crippen LogP contribution in [-0.4, -0.2) is 78.1 Å². The van der Waals surface area contributed by atoms with Crippen molar-refractivity contribution in [1.29, 1.82) is 0 Å². The molecule has 0 aromatic rings. The number of carbonyl (C=O) groups excluding carboxylic acids is 2. The minimum absolute atomic E-state index is 0.157. The predicted molar refractivity (Wildman–Crippen MR) is 106 cm³/mol. The molecule has 3 heterocycles. The molecule has 154 valence electrons. The van der Waals surface area contributed by atoms with Crippen LogP contribution >= 0.6 is 0 Å². The van der Waals surface area contributed by atoms with Crippen LogP contribution in [0.15, 0.2) is 0 Å². The van der Waals surface area contributed by atoms with Gasteiger partial charge < -0.3 is 14.5 Å². The number of piperidine rings is 1. The van der Waals surface area contributed by atoms with Crippen molar-refractivity contribution in [3.8, 4) is 0 Å². The van der Waals surface area contributed by atoms with Crippen LogP contribution in [0.4, 0.5) is 4.79 Å². The number of hydrogen-bond acceptors (Lipinski definition) is 4. The van der Waals surface area contributed by atoms with E-state index in [1.165, 1.54) is 44.9 Å². The van der Waals surface area contributed by atoms with Gasteiger partial charge in [0.05, 0.1) is 13.1 Å². The van der Waals surface area contributed by atoms with Crippen LogP contribution in [0.3, 0.4) is 0 Å². The van der Waals surface area contributed by atoms with Gasteiger partial charge in [0.2, 0.25) is 5.91 Å². The lowest BCUT2D eigenvalue weighted by Gasteiger charge is -2.38. The lowest BCUT2D eigenvalue weighted by molar-refractivity contribution is -0.135. The molecule has 6 heteroatoms. The summed E-state index contributed by atoms with van der Waals surface area (Å²) in [6, 6.07) is 0. The molecule has 27 heavy (non-hydrogen) atoms. The number of carbonyl (C=O) groups is 2. The minimum atomic E-state index is -0.360. The van der Waals surface area contributed by atoms with Gasteiger partial charge in [-0.2, -0.15) is 0 Å². The van der Waals surface area contributed by atoms with Crippen LogP contribution < -0.4 is 0 Å². The molecule has 3 fully saturated rings. The van der Waals surface area contributed by atoms with E-state index < -0.39 is 0 Å². The third kappa shape index (κ3) is 5.59. The highest BCUT2D eigenvalue weighted by molar-refractivity contribution is 5.78. The number of nitrogens with zero attached hydrogens (tertiary/aromatic N) is 3. The molecule has 3 saturated heterocycles. The molecule has 0 bridgehead atoms. The van der Waals surface area contributed by atoms with Crippen LogP contribution in [0.2, 0.25) is 0 Å². The summed E-state index contributed by atoms with van der Waals surface area (Å²) in [6.45, 7) is 7.77. The molecule has 0 radical (unpaired) electrons. The van der Waals surface area contributed by atoms with Crippen LogP contribution in [-0.2, 0) is 9.53 Å². The number of rotatable bonds is 7. The van der Waals surface area contributed by atoms with E-state index in [-0.39, 0.29) is 17.6 Å². The molecule has 3 rings (SSSR count). The minimum Gasteiger partial charge on any atom is -0.441 e. The largest absolute Gasteiger partial charge is 0.441 e. The maximum absolute atomic E-state index is 12.7. The zero-order valence-corrected chi connectivity index (χ0v) is 17.1. The first-order chi connectivity index (χ1) is 13.1. The zero-order valence-electron chi connectivity index (χ0n) is 17.1. The summed E-state index contributed by atoms with van der Waals surface area (Å²) in [7, 11) is 0. The summed E-state index contributed by atoms with van der Waals surface area (Å²) < 4.78 is 5.79. The molecule has 0 saturated carbocycles. The van der Waals surface area contributed by atoms with E-state index in [9.17, 15) is 9.59 Å². The normalized spacial score (nSPS) is 23.5. The Morgan fingerprint density at radius 3 is 2.37 bits per heavy atom. The quantitative estimate of drug-likeness (QED) is 0.637. The van der Waals surface area contributed by atoms with Gasteiger partial charge in [0, 0.05) is 32.5 Å². The van der Waals surface area contributed by atoms with E-state index in [4.69, 9.17) is 4.74 Å². The Bertz CT molecular complexity index is 495. The summed E-state index contributed by atoms with van der Waals surface area (Å²) in [5, 5.41) is 0. The van der Waals surface area contributed by atoms with Crippen LogP contribution in [0, 0.1) is 0 Å². The molecule has 0 unspecified atom stereocenters. The van der Waals surface area contributed by atoms with Crippen molar-refractivity contribution in [3.05, 3.63) is 0 Å². The molecule has 0 N–H and O–H groups in total. The predicted octanol–water partition coefficient (Wildman–Crippen LogP) is 3.26. The molecule has 0 aromatic carbocycles. The van der Waals surface area contributed by atoms with Crippen molar-refractivity contribution in [2.45, 2.75) is 76.7 Å². The first-order valence-electron chi connectivity index (χ1n) is 11.1. The third-order valence-corrected chi connectivity index (χ3v) is 6.41. The Morgan fingerprint density at radius 1 is 1.00 bits per heavy atom. The van der Waals surface area contributed by atoms with Gasteiger partial charge in [-0.3, -0.25) is 9.69 Å². The SMILES string of the molecule is CCCCCCN1CC2(CCN(C(=O)CN3CCCCCC3)CC2)OC1=O. The van der Waals surface area contributed by atoms with Crippen molar-refractivity contribution in [2.24, 2.45) is 0 Å². The molecule has 2 amide bonds. The van der Waals surface area contributed by atoms with E-state index in [0.29, 0.717) is 26.2 Å². The van der Waals surface area contributed by atoms with E-state index in [0.717, 1.165) is 38.9 Å². The summed E-state index contributed by atoms with van der Waals surface area (Å²) in [5.74, 6) is 0.243. The molecular formula is C21H37N3O3. The number of hydrogen-bond donors (Lipinski definition) is 0. The maximum Gasteiger partial charge on any atom is 0.410 e. The van der Waals surface area contributed by atoms with E-state index in [2.05, 4.69) is 11.8 Å². The fraction of sp³-hybridized carbons (Fsp3) is 0.905. The van der Waals surface area contributed by atoms with Gasteiger partial charge in [0.15, 0.2) is 0 Å². The fourth-order valence-corrected chi connectivity index (χ4v) is 4.60. The highest BCUT2D eigenvalue weighted by Crippen LogP contribution is 2.33. The Balaban J connectivity index is 1.42. The van der Waals surface area contributed by atoms with Gasteiger partial charge in [-0.15, -0.1) is 0 Å². The van der Waals surface area contributed by atoms with Crippen LogP contribution in [0.25, 0.3) is 0 Å². The van der Waals surface area contributed by atoms with Gasteiger partial charge in [0.25, 0.3) is 0 Å². The van der Waals surface area contributed by atoms with Crippen molar-refractivity contribution in [1.82, 2.24) is 14.7 Å². The van der Waals surface area contributed by atoms with Gasteiger partial charge in [-0.25, -0.2) is 4.79 Å². The summed E-state index contributed by atoms with van der Waals surface area (Å²) in [5.41, 5.74) is -0.360. The van der Waals surface area contributed by atoms with Crippen molar-refractivity contribution >= 4 is 12.0 Å². The second kappa shape index (κ2) is 9.76. The summed E-state index contributed by atoms with van der Waals surface area (Å²) >= 11 is 0. The van der Waals surface area contributed by atoms with E-state index in [1.54, 1.807) is 0 Å². The Labute approximate surface area is 164 Å². The fourth-order valence-electron chi connectivity index (χ4n) is 4.60. The second-order valence-electron chi connectivity index (χ2n) is 8.60. The molecule has 0 atom stereocenters. The van der Waals surface area contributed by atoms with Gasteiger partial charge >= 0.3 is 6.09 Å². The van der Waals surface area contributed by atoms with Crippen LogP contribution in [0.5, 0.6) is 0 Å². The van der Waals surface area contributed by atoms with Crippen molar-refractivity contribution in [3.63, 3.8) is 0 Å². The molecule has 3 aliphatic rings. The lowest BCUT2D eigenvalue weighted by Crippen LogP contribution is -2.51. The first kappa shape index (κ1) is 20.4. The Morgan fingerprint density at radius 2 is 1.70 bits per heavy atom. The maximum atomic E-state index is 12.7. The average Bonchev–Trinajstić information content (AvgIpc) is 2.82. The molecule has 1 spiro atoms. The van der Waals surface area contributed by atoms with Crippen molar-refractivity contribution in [2.75, 3.05) is 45.8 Å². The average molecular weight is 380 g/mol. The number of unbranched alkanes of at least 4 members (excludes halogenated alkanes) is 3. The lowest BCUT2D eigenvalue weighted by atomic mass is 9.91. The highest BCUT2D eigenvalue weighted by atomic mass is 16.6. The zero-order chi connectivity index (χ0) is 19.1. The Hall–Kier alpha value is -1.30. The highest BCUT2D eigenvalue weighted by Gasteiger charge is 2.47. The summed E-state index contributed by atoms with van der Waals surface area (Å²) in [6.07, 6.45) is 11.0. The van der Waals surface area contributed by atoms with Gasteiger partial charge in [0.1, 0.15) is 5.60 Å². The van der Waals surface area contributed by atoms with E-state index >= 15 is 0 Å². The number of amides is 2. The molecule has 6 nitrogen and oxygen atoms in total. The van der Waals surface area contributed by atoms with Crippen molar-refractivity contribution < 1.29 is 14.3 Å². The third-order valence-electron chi connectivity index (χ3n) is 6.41.